The summed E-state index contributed by atoms with van der Waals surface area (Å²) in [6, 6.07) is 0. The van der Waals surface area contributed by atoms with Crippen LogP contribution in [0.4, 0.5) is 0 Å². The molecule has 2 N–H and O–H groups in total. The number of aliphatic hydroxyl groups is 2. The highest BCUT2D eigenvalue weighted by Crippen LogP contribution is 2.80. The molecule has 5 aliphatic carbocycles. The highest BCUT2D eigenvalue weighted by Gasteiger charge is 2.77. The SMILES string of the molecule is CC[C@@H](C(C)C)[C@@H](O)[C@H](O)[C@@H](C)[C@H]1CC[C@H]2[C@@H]3CC(=O)[C@]45C[C@@H]4CC[C@]5(C)[C@H]3CC[C@]12C. The zero-order valence-electron chi connectivity index (χ0n) is 21.4. The van der Waals surface area contributed by atoms with Gasteiger partial charge in [-0.2, -0.15) is 0 Å². The van der Waals surface area contributed by atoms with Gasteiger partial charge in [-0.05, 0) is 103 Å². The van der Waals surface area contributed by atoms with E-state index in [-0.39, 0.29) is 28.1 Å². The summed E-state index contributed by atoms with van der Waals surface area (Å²) in [5.74, 6) is 4.27. The number of ketones is 1. The Morgan fingerprint density at radius 2 is 1.69 bits per heavy atom. The molecule has 0 aromatic rings. The minimum atomic E-state index is -0.656. The molecule has 0 heterocycles. The van der Waals surface area contributed by atoms with E-state index in [4.69, 9.17) is 0 Å². The van der Waals surface area contributed by atoms with Crippen molar-refractivity contribution in [3.63, 3.8) is 0 Å². The van der Waals surface area contributed by atoms with Crippen LogP contribution in [0.25, 0.3) is 0 Å². The predicted octanol–water partition coefficient (Wildman–Crippen LogP) is 5.86. The van der Waals surface area contributed by atoms with Crippen LogP contribution in [0, 0.1) is 63.6 Å². The molecule has 0 radical (unpaired) electrons. The van der Waals surface area contributed by atoms with Crippen molar-refractivity contribution in [1.29, 1.82) is 0 Å². The third kappa shape index (κ3) is 2.82. The van der Waals surface area contributed by atoms with E-state index in [2.05, 4.69) is 41.5 Å². The largest absolute Gasteiger partial charge is 0.390 e. The number of Topliss-reactive ketones (excluding diaryl/α,β-unsaturated/α-hetero) is 1. The minimum Gasteiger partial charge on any atom is -0.390 e. The molecule has 5 saturated carbocycles. The Morgan fingerprint density at radius 3 is 2.31 bits per heavy atom. The van der Waals surface area contributed by atoms with Gasteiger partial charge in [0.25, 0.3) is 0 Å². The Kier molecular flexibility index (Phi) is 5.50. The summed E-state index contributed by atoms with van der Waals surface area (Å²) in [4.78, 5) is 13.5. The van der Waals surface area contributed by atoms with Gasteiger partial charge in [-0.15, -0.1) is 0 Å². The van der Waals surface area contributed by atoms with Crippen molar-refractivity contribution in [2.24, 2.45) is 63.6 Å². The maximum absolute atomic E-state index is 13.5. The van der Waals surface area contributed by atoms with Gasteiger partial charge in [-0.25, -0.2) is 0 Å². The molecule has 0 unspecified atom stereocenters. The highest BCUT2D eigenvalue weighted by atomic mass is 16.3. The maximum Gasteiger partial charge on any atom is 0.140 e. The van der Waals surface area contributed by atoms with E-state index in [0.29, 0.717) is 35.4 Å². The van der Waals surface area contributed by atoms with Gasteiger partial charge in [0.05, 0.1) is 12.2 Å². The Hall–Kier alpha value is -0.410. The first-order valence-corrected chi connectivity index (χ1v) is 13.9. The van der Waals surface area contributed by atoms with E-state index in [1.807, 2.05) is 0 Å². The molecule has 0 saturated heterocycles. The first kappa shape index (κ1) is 23.3. The number of rotatable bonds is 6. The van der Waals surface area contributed by atoms with Crippen LogP contribution in [0.5, 0.6) is 0 Å². The van der Waals surface area contributed by atoms with Crippen LogP contribution in [0.15, 0.2) is 0 Å². The van der Waals surface area contributed by atoms with Crippen molar-refractivity contribution in [1.82, 2.24) is 0 Å². The maximum atomic E-state index is 13.5. The van der Waals surface area contributed by atoms with E-state index in [9.17, 15) is 15.0 Å². The Balaban J connectivity index is 1.36. The number of aliphatic hydroxyl groups excluding tert-OH is 2. The fourth-order valence-corrected chi connectivity index (χ4v) is 10.8. The molecular weight excluding hydrogens is 396 g/mol. The lowest BCUT2D eigenvalue weighted by molar-refractivity contribution is -0.153. The lowest BCUT2D eigenvalue weighted by Crippen LogP contribution is -2.55. The molecule has 12 atom stereocenters. The summed E-state index contributed by atoms with van der Waals surface area (Å²) in [5.41, 5.74) is 0.521. The molecule has 0 amide bonds. The average Bonchev–Trinajstić information content (AvgIpc) is 3.27. The van der Waals surface area contributed by atoms with E-state index in [1.165, 1.54) is 38.5 Å². The third-order valence-corrected chi connectivity index (χ3v) is 12.7. The monoisotopic (exact) mass is 444 g/mol. The van der Waals surface area contributed by atoms with Crippen molar-refractivity contribution in [2.75, 3.05) is 0 Å². The number of hydrogen-bond acceptors (Lipinski definition) is 3. The molecule has 3 nitrogen and oxygen atoms in total. The summed E-state index contributed by atoms with van der Waals surface area (Å²) in [6.45, 7) is 13.6. The van der Waals surface area contributed by atoms with Gasteiger partial charge in [-0.3, -0.25) is 4.79 Å². The first-order valence-electron chi connectivity index (χ1n) is 13.9. The normalized spacial score (nSPS) is 50.8. The molecule has 182 valence electrons. The van der Waals surface area contributed by atoms with Gasteiger partial charge >= 0.3 is 0 Å². The Bertz CT molecular complexity index is 762. The quantitative estimate of drug-likeness (QED) is 0.539. The first-order chi connectivity index (χ1) is 15.0. The second-order valence-electron chi connectivity index (χ2n) is 13.7. The van der Waals surface area contributed by atoms with Crippen LogP contribution in [-0.4, -0.2) is 28.2 Å². The average molecular weight is 445 g/mol. The fraction of sp³-hybridized carbons (Fsp3) is 0.966. The van der Waals surface area contributed by atoms with Crippen LogP contribution in [0.3, 0.4) is 0 Å². The summed E-state index contributed by atoms with van der Waals surface area (Å²) >= 11 is 0. The lowest BCUT2D eigenvalue weighted by atomic mass is 9.45. The van der Waals surface area contributed by atoms with Crippen molar-refractivity contribution in [3.8, 4) is 0 Å². The highest BCUT2D eigenvalue weighted by molar-refractivity contribution is 5.91. The Labute approximate surface area is 196 Å². The van der Waals surface area contributed by atoms with Crippen molar-refractivity contribution >= 4 is 5.78 Å². The molecule has 0 aromatic carbocycles. The molecular formula is C29H48O3. The van der Waals surface area contributed by atoms with Gasteiger partial charge in [0.1, 0.15) is 5.78 Å². The number of hydrogen-bond donors (Lipinski definition) is 2. The number of carbonyl (C=O) groups excluding carboxylic acids is 1. The summed E-state index contributed by atoms with van der Waals surface area (Å²) in [5, 5.41) is 22.3. The molecule has 5 aliphatic rings. The van der Waals surface area contributed by atoms with Gasteiger partial charge < -0.3 is 10.2 Å². The number of carbonyl (C=O) groups is 1. The van der Waals surface area contributed by atoms with Gasteiger partial charge in [0, 0.05) is 11.8 Å². The van der Waals surface area contributed by atoms with Crippen LogP contribution in [-0.2, 0) is 4.79 Å². The van der Waals surface area contributed by atoms with Gasteiger partial charge in [-0.1, -0.05) is 48.0 Å². The molecule has 5 rings (SSSR count). The van der Waals surface area contributed by atoms with Crippen LogP contribution in [0.1, 0.15) is 99.3 Å². The van der Waals surface area contributed by atoms with E-state index in [1.54, 1.807) is 0 Å². The molecule has 32 heavy (non-hydrogen) atoms. The molecule has 0 bridgehead atoms. The molecule has 5 fully saturated rings. The van der Waals surface area contributed by atoms with Crippen molar-refractivity contribution in [3.05, 3.63) is 0 Å². The molecule has 0 aliphatic heterocycles. The zero-order chi connectivity index (χ0) is 23.2. The van der Waals surface area contributed by atoms with Crippen molar-refractivity contribution in [2.45, 2.75) is 112 Å². The van der Waals surface area contributed by atoms with E-state index < -0.39 is 12.2 Å². The smallest absolute Gasteiger partial charge is 0.140 e. The molecule has 1 spiro atoms. The Morgan fingerprint density at radius 1 is 0.969 bits per heavy atom. The summed E-state index contributed by atoms with van der Waals surface area (Å²) < 4.78 is 0. The second-order valence-corrected chi connectivity index (χ2v) is 13.7. The third-order valence-electron chi connectivity index (χ3n) is 12.7. The second kappa shape index (κ2) is 7.54. The lowest BCUT2D eigenvalue weighted by Gasteiger charge is -2.58. The van der Waals surface area contributed by atoms with Crippen LogP contribution in [0.2, 0.25) is 0 Å². The van der Waals surface area contributed by atoms with Gasteiger partial charge in [0.2, 0.25) is 0 Å². The topological polar surface area (TPSA) is 57.5 Å². The summed E-state index contributed by atoms with van der Waals surface area (Å²) in [6.07, 6.45) is 9.02. The zero-order valence-corrected chi connectivity index (χ0v) is 21.4. The van der Waals surface area contributed by atoms with E-state index in [0.717, 1.165) is 25.2 Å². The predicted molar refractivity (Wildman–Crippen MR) is 128 cm³/mol. The minimum absolute atomic E-state index is 0.0690. The van der Waals surface area contributed by atoms with E-state index >= 15 is 0 Å². The standard InChI is InChI=1S/C29H48O3/c1-7-19(16(2)3)26(32)25(31)17(4)21-8-9-22-20-14-24(30)29-15-18(29)10-13-28(29,6)23(20)11-12-27(21,22)5/h16-23,25-26,31-32H,7-15H2,1-6H3/t17-,18-,19-,20-,21+,22-,23-,25+,26+,27+,28+,29-/m0/s1. The van der Waals surface area contributed by atoms with Gasteiger partial charge in [0.15, 0.2) is 0 Å². The fourth-order valence-electron chi connectivity index (χ4n) is 10.8. The van der Waals surface area contributed by atoms with Crippen LogP contribution < -0.4 is 0 Å². The molecule has 0 aromatic heterocycles. The summed E-state index contributed by atoms with van der Waals surface area (Å²) in [7, 11) is 0. The van der Waals surface area contributed by atoms with Crippen LogP contribution >= 0.6 is 0 Å². The number of fused-ring (bicyclic) bond motifs is 4. The molecule has 3 heteroatoms. The van der Waals surface area contributed by atoms with Crippen molar-refractivity contribution < 1.29 is 15.0 Å².